The lowest BCUT2D eigenvalue weighted by atomic mass is 10.2. The Labute approximate surface area is 163 Å². The van der Waals surface area contributed by atoms with Gasteiger partial charge < -0.3 is 14.8 Å². The molecule has 0 saturated heterocycles. The van der Waals surface area contributed by atoms with E-state index in [4.69, 9.17) is 21.1 Å². The van der Waals surface area contributed by atoms with Crippen LogP contribution in [-0.4, -0.2) is 12.0 Å². The largest absolute Gasteiger partial charge is 0.489 e. The van der Waals surface area contributed by atoms with Gasteiger partial charge in [0, 0.05) is 5.69 Å². The average Bonchev–Trinajstić information content (AvgIpc) is 2.70. The number of nitrogens with one attached hydrogen (secondary N) is 1. The highest BCUT2D eigenvalue weighted by atomic mass is 35.5. The number of ether oxygens (including phenoxy) is 2. The van der Waals surface area contributed by atoms with Gasteiger partial charge in [-0.2, -0.15) is 0 Å². The minimum Gasteiger partial charge on any atom is -0.489 e. The number of carbonyl (C=O) groups is 1. The fourth-order valence-corrected chi connectivity index (χ4v) is 2.58. The number of para-hydroxylation sites is 1. The maximum absolute atomic E-state index is 12.3. The van der Waals surface area contributed by atoms with E-state index in [1.807, 2.05) is 42.5 Å². The molecule has 0 aliphatic heterocycles. The number of hydrogen-bond acceptors (Lipinski definition) is 3. The molecule has 3 rings (SSSR count). The second kappa shape index (κ2) is 9.10. The molecule has 0 aromatic heterocycles. The molecule has 3 aromatic carbocycles. The van der Waals surface area contributed by atoms with Crippen LogP contribution in [0.2, 0.25) is 5.02 Å². The molecule has 0 bridgehead atoms. The maximum atomic E-state index is 12.3. The van der Waals surface area contributed by atoms with Crippen LogP contribution in [0.25, 0.3) is 0 Å². The number of anilines is 1. The van der Waals surface area contributed by atoms with Crippen LogP contribution in [-0.2, 0) is 11.4 Å². The lowest BCUT2D eigenvalue weighted by Crippen LogP contribution is -2.30. The van der Waals surface area contributed by atoms with E-state index < -0.39 is 6.10 Å². The van der Waals surface area contributed by atoms with Crippen molar-refractivity contribution in [3.63, 3.8) is 0 Å². The molecule has 1 atom stereocenters. The van der Waals surface area contributed by atoms with Crippen LogP contribution in [0.1, 0.15) is 12.5 Å². The minimum atomic E-state index is -0.682. The average molecular weight is 382 g/mol. The summed E-state index contributed by atoms with van der Waals surface area (Å²) in [6, 6.07) is 24.2. The van der Waals surface area contributed by atoms with Crippen LogP contribution in [0.5, 0.6) is 11.5 Å². The van der Waals surface area contributed by atoms with Crippen molar-refractivity contribution in [1.29, 1.82) is 0 Å². The Morgan fingerprint density at radius 3 is 2.33 bits per heavy atom. The van der Waals surface area contributed by atoms with Gasteiger partial charge in [0.25, 0.3) is 5.91 Å². The number of hydrogen-bond donors (Lipinski definition) is 1. The molecule has 0 unspecified atom stereocenters. The Morgan fingerprint density at radius 2 is 1.63 bits per heavy atom. The highest BCUT2D eigenvalue weighted by Crippen LogP contribution is 2.24. The van der Waals surface area contributed by atoms with E-state index in [-0.39, 0.29) is 5.91 Å². The highest BCUT2D eigenvalue weighted by molar-refractivity contribution is 6.32. The van der Waals surface area contributed by atoms with Crippen molar-refractivity contribution in [3.05, 3.63) is 89.4 Å². The molecule has 0 aliphatic rings. The summed E-state index contributed by atoms with van der Waals surface area (Å²) in [7, 11) is 0. The predicted octanol–water partition coefficient (Wildman–Crippen LogP) is 5.33. The Bertz CT molecular complexity index is 882. The van der Waals surface area contributed by atoms with Crippen molar-refractivity contribution < 1.29 is 14.3 Å². The fraction of sp³-hybridized carbons (Fsp3) is 0.136. The Hall–Kier alpha value is -2.98. The first kappa shape index (κ1) is 18.8. The van der Waals surface area contributed by atoms with Crippen molar-refractivity contribution in [2.45, 2.75) is 19.6 Å². The van der Waals surface area contributed by atoms with Crippen molar-refractivity contribution in [3.8, 4) is 11.5 Å². The quantitative estimate of drug-likeness (QED) is 0.602. The van der Waals surface area contributed by atoms with Gasteiger partial charge in [-0.1, -0.05) is 54.1 Å². The molecule has 1 N–H and O–H groups in total. The van der Waals surface area contributed by atoms with Crippen LogP contribution in [0, 0.1) is 0 Å². The van der Waals surface area contributed by atoms with Gasteiger partial charge in [-0.25, -0.2) is 0 Å². The summed E-state index contributed by atoms with van der Waals surface area (Å²) < 4.78 is 11.4. The lowest BCUT2D eigenvalue weighted by Gasteiger charge is -2.15. The first-order valence-electron chi connectivity index (χ1n) is 8.60. The molecule has 0 radical (unpaired) electrons. The van der Waals surface area contributed by atoms with Crippen molar-refractivity contribution in [1.82, 2.24) is 0 Å². The number of amides is 1. The number of halogens is 1. The third-order valence-corrected chi connectivity index (χ3v) is 4.19. The van der Waals surface area contributed by atoms with E-state index in [0.29, 0.717) is 23.1 Å². The van der Waals surface area contributed by atoms with Crippen LogP contribution in [0.15, 0.2) is 78.9 Å². The maximum Gasteiger partial charge on any atom is 0.265 e. The van der Waals surface area contributed by atoms with E-state index in [1.165, 1.54) is 0 Å². The van der Waals surface area contributed by atoms with Crippen molar-refractivity contribution in [2.75, 3.05) is 5.32 Å². The summed E-state index contributed by atoms with van der Waals surface area (Å²) in [5.41, 5.74) is 1.77. The summed E-state index contributed by atoms with van der Waals surface area (Å²) in [6.45, 7) is 2.17. The third-order valence-electron chi connectivity index (χ3n) is 3.88. The van der Waals surface area contributed by atoms with Gasteiger partial charge in [0.1, 0.15) is 18.1 Å². The van der Waals surface area contributed by atoms with E-state index in [2.05, 4.69) is 5.32 Å². The van der Waals surface area contributed by atoms with Crippen molar-refractivity contribution >= 4 is 23.2 Å². The normalized spacial score (nSPS) is 11.5. The Morgan fingerprint density at radius 1 is 0.963 bits per heavy atom. The molecule has 0 saturated carbocycles. The first-order chi connectivity index (χ1) is 13.1. The third kappa shape index (κ3) is 5.50. The van der Waals surface area contributed by atoms with Gasteiger partial charge in [-0.3, -0.25) is 4.79 Å². The molecule has 0 fully saturated rings. The molecule has 138 valence electrons. The number of benzene rings is 3. The monoisotopic (exact) mass is 381 g/mol. The Balaban J connectivity index is 1.52. The zero-order valence-corrected chi connectivity index (χ0v) is 15.6. The lowest BCUT2D eigenvalue weighted by molar-refractivity contribution is -0.122. The van der Waals surface area contributed by atoms with Crippen LogP contribution >= 0.6 is 11.6 Å². The standard InChI is InChI=1S/C22H20ClNO3/c1-16(27-21-10-6-5-9-20(21)23)22(25)24-18-11-13-19(14-12-18)26-15-17-7-3-2-4-8-17/h2-14,16H,15H2,1H3,(H,24,25)/t16-/m1/s1. The van der Waals surface area contributed by atoms with E-state index >= 15 is 0 Å². The number of rotatable bonds is 7. The van der Waals surface area contributed by atoms with Crippen LogP contribution in [0.4, 0.5) is 5.69 Å². The molecule has 0 aliphatic carbocycles. The summed E-state index contributed by atoms with van der Waals surface area (Å²) in [6.07, 6.45) is -0.682. The second-order valence-corrected chi connectivity index (χ2v) is 6.39. The molecule has 27 heavy (non-hydrogen) atoms. The summed E-state index contributed by atoms with van der Waals surface area (Å²) >= 11 is 6.05. The second-order valence-electron chi connectivity index (χ2n) is 5.98. The van der Waals surface area contributed by atoms with Gasteiger partial charge in [0.05, 0.1) is 5.02 Å². The van der Waals surface area contributed by atoms with Gasteiger partial charge in [-0.05, 0) is 48.9 Å². The zero-order valence-electron chi connectivity index (χ0n) is 14.9. The molecule has 4 nitrogen and oxygen atoms in total. The van der Waals surface area contributed by atoms with Crippen LogP contribution < -0.4 is 14.8 Å². The summed E-state index contributed by atoms with van der Waals surface area (Å²) in [5.74, 6) is 0.955. The molecule has 0 spiro atoms. The summed E-state index contributed by atoms with van der Waals surface area (Å²) in [5, 5.41) is 3.29. The van der Waals surface area contributed by atoms with Gasteiger partial charge in [-0.15, -0.1) is 0 Å². The van der Waals surface area contributed by atoms with E-state index in [0.717, 1.165) is 11.3 Å². The SMILES string of the molecule is C[C@@H](Oc1ccccc1Cl)C(=O)Nc1ccc(OCc2ccccc2)cc1. The molecule has 0 heterocycles. The van der Waals surface area contributed by atoms with Gasteiger partial charge >= 0.3 is 0 Å². The Kier molecular flexibility index (Phi) is 6.34. The molecule has 1 amide bonds. The summed E-state index contributed by atoms with van der Waals surface area (Å²) in [4.78, 5) is 12.3. The number of carbonyl (C=O) groups excluding carboxylic acids is 1. The highest BCUT2D eigenvalue weighted by Gasteiger charge is 2.16. The smallest absolute Gasteiger partial charge is 0.265 e. The molecular weight excluding hydrogens is 362 g/mol. The molecule has 5 heteroatoms. The fourth-order valence-electron chi connectivity index (χ4n) is 2.40. The first-order valence-corrected chi connectivity index (χ1v) is 8.98. The minimum absolute atomic E-state index is 0.257. The predicted molar refractivity (Wildman–Crippen MR) is 107 cm³/mol. The van der Waals surface area contributed by atoms with Gasteiger partial charge in [0.15, 0.2) is 6.10 Å². The zero-order chi connectivity index (χ0) is 19.1. The van der Waals surface area contributed by atoms with Crippen LogP contribution in [0.3, 0.4) is 0 Å². The van der Waals surface area contributed by atoms with Crippen molar-refractivity contribution in [2.24, 2.45) is 0 Å². The molecular formula is C22H20ClNO3. The van der Waals surface area contributed by atoms with Gasteiger partial charge in [0.2, 0.25) is 0 Å². The molecule has 3 aromatic rings. The topological polar surface area (TPSA) is 47.6 Å². The van der Waals surface area contributed by atoms with E-state index in [9.17, 15) is 4.79 Å². The van der Waals surface area contributed by atoms with E-state index in [1.54, 1.807) is 43.3 Å².